The molecule has 0 aliphatic carbocycles. The number of alkyl halides is 3. The molecule has 1 unspecified atom stereocenters. The van der Waals surface area contributed by atoms with Crippen molar-refractivity contribution in [2.24, 2.45) is 11.1 Å². The van der Waals surface area contributed by atoms with E-state index in [1.54, 1.807) is 0 Å². The Bertz CT molecular complexity index is 478. The lowest BCUT2D eigenvalue weighted by Gasteiger charge is -2.30. The van der Waals surface area contributed by atoms with E-state index in [2.05, 4.69) is 10.6 Å². The van der Waals surface area contributed by atoms with Gasteiger partial charge in [-0.2, -0.15) is 13.2 Å². The maximum absolute atomic E-state index is 12.4. The fourth-order valence-electron chi connectivity index (χ4n) is 1.70. The highest BCUT2D eigenvalue weighted by atomic mass is 19.4. The summed E-state index contributed by atoms with van der Waals surface area (Å²) in [6.45, 7) is 6.07. The SMILES string of the molecule is CC(C)(C)C(CN)NC(=O)Nc1ccc(C(F)(F)F)cc1. The Balaban J connectivity index is 2.67. The van der Waals surface area contributed by atoms with Crippen molar-refractivity contribution in [1.29, 1.82) is 0 Å². The summed E-state index contributed by atoms with van der Waals surface area (Å²) in [4.78, 5) is 11.8. The zero-order chi connectivity index (χ0) is 16.3. The molecule has 0 bridgehead atoms. The average molecular weight is 303 g/mol. The zero-order valence-corrected chi connectivity index (χ0v) is 12.2. The summed E-state index contributed by atoms with van der Waals surface area (Å²) in [5, 5.41) is 5.19. The lowest BCUT2D eigenvalue weighted by molar-refractivity contribution is -0.137. The van der Waals surface area contributed by atoms with E-state index in [0.717, 1.165) is 12.1 Å². The second-order valence-electron chi connectivity index (χ2n) is 5.83. The molecule has 0 heterocycles. The molecule has 0 radical (unpaired) electrons. The normalized spacial score (nSPS) is 13.7. The van der Waals surface area contributed by atoms with Crippen LogP contribution in [0, 0.1) is 5.41 Å². The minimum absolute atomic E-state index is 0.216. The minimum Gasteiger partial charge on any atom is -0.333 e. The summed E-state index contributed by atoms with van der Waals surface area (Å²) in [7, 11) is 0. The number of benzene rings is 1. The Morgan fingerprint density at radius 3 is 2.10 bits per heavy atom. The number of halogens is 3. The van der Waals surface area contributed by atoms with Crippen molar-refractivity contribution in [2.45, 2.75) is 33.0 Å². The maximum atomic E-state index is 12.4. The summed E-state index contributed by atoms with van der Waals surface area (Å²) in [6.07, 6.45) is -4.39. The van der Waals surface area contributed by atoms with Gasteiger partial charge in [0.15, 0.2) is 0 Å². The molecule has 118 valence electrons. The van der Waals surface area contributed by atoms with Crippen LogP contribution in [0.25, 0.3) is 0 Å². The third-order valence-corrected chi connectivity index (χ3v) is 3.06. The quantitative estimate of drug-likeness (QED) is 0.802. The number of carbonyl (C=O) groups excluding carboxylic acids is 1. The van der Waals surface area contributed by atoms with E-state index in [0.29, 0.717) is 0 Å². The van der Waals surface area contributed by atoms with E-state index in [1.807, 2.05) is 20.8 Å². The highest BCUT2D eigenvalue weighted by Gasteiger charge is 2.30. The van der Waals surface area contributed by atoms with E-state index in [-0.39, 0.29) is 23.7 Å². The smallest absolute Gasteiger partial charge is 0.333 e. The first kappa shape index (κ1) is 17.3. The van der Waals surface area contributed by atoms with Crippen LogP contribution in [0.15, 0.2) is 24.3 Å². The molecule has 0 spiro atoms. The molecule has 4 nitrogen and oxygen atoms in total. The Morgan fingerprint density at radius 2 is 1.71 bits per heavy atom. The van der Waals surface area contributed by atoms with Crippen LogP contribution < -0.4 is 16.4 Å². The van der Waals surface area contributed by atoms with Crippen LogP contribution in [0.5, 0.6) is 0 Å². The first-order valence-corrected chi connectivity index (χ1v) is 6.49. The number of urea groups is 1. The molecule has 21 heavy (non-hydrogen) atoms. The van der Waals surface area contributed by atoms with E-state index in [1.165, 1.54) is 12.1 Å². The Hall–Kier alpha value is -1.76. The van der Waals surface area contributed by atoms with Gasteiger partial charge in [0.2, 0.25) is 0 Å². The molecule has 0 fully saturated rings. The van der Waals surface area contributed by atoms with E-state index in [9.17, 15) is 18.0 Å². The van der Waals surface area contributed by atoms with Gasteiger partial charge in [-0.1, -0.05) is 20.8 Å². The van der Waals surface area contributed by atoms with Gasteiger partial charge in [0.05, 0.1) is 5.56 Å². The summed E-state index contributed by atoms with van der Waals surface area (Å²) in [5.74, 6) is 0. The highest BCUT2D eigenvalue weighted by molar-refractivity contribution is 5.89. The van der Waals surface area contributed by atoms with Crippen LogP contribution in [-0.2, 0) is 6.18 Å². The number of rotatable bonds is 3. The average Bonchev–Trinajstić information content (AvgIpc) is 2.34. The van der Waals surface area contributed by atoms with Crippen molar-refractivity contribution in [3.05, 3.63) is 29.8 Å². The second-order valence-corrected chi connectivity index (χ2v) is 5.83. The monoisotopic (exact) mass is 303 g/mol. The zero-order valence-electron chi connectivity index (χ0n) is 12.2. The molecule has 1 aromatic rings. The van der Waals surface area contributed by atoms with Crippen LogP contribution in [0.4, 0.5) is 23.7 Å². The molecular formula is C14H20F3N3O. The van der Waals surface area contributed by atoms with Gasteiger partial charge in [0, 0.05) is 18.3 Å². The molecule has 2 amide bonds. The summed E-state index contributed by atoms with van der Waals surface area (Å²) in [5.41, 5.74) is 4.91. The van der Waals surface area contributed by atoms with Gasteiger partial charge in [-0.05, 0) is 29.7 Å². The van der Waals surface area contributed by atoms with Gasteiger partial charge in [-0.3, -0.25) is 0 Å². The molecule has 1 rings (SSSR count). The molecule has 0 aliphatic rings. The molecule has 1 aromatic carbocycles. The Labute approximate surface area is 121 Å². The van der Waals surface area contributed by atoms with E-state index >= 15 is 0 Å². The molecule has 4 N–H and O–H groups in total. The first-order chi connectivity index (χ1) is 9.54. The molecule has 1 atom stereocenters. The van der Waals surface area contributed by atoms with Crippen LogP contribution in [0.3, 0.4) is 0 Å². The van der Waals surface area contributed by atoms with Gasteiger partial charge < -0.3 is 16.4 Å². The lowest BCUT2D eigenvalue weighted by atomic mass is 9.87. The molecular weight excluding hydrogens is 283 g/mol. The van der Waals surface area contributed by atoms with Crippen molar-refractivity contribution >= 4 is 11.7 Å². The third kappa shape index (κ3) is 5.26. The second kappa shape index (κ2) is 6.34. The van der Waals surface area contributed by atoms with Crippen LogP contribution in [0.1, 0.15) is 26.3 Å². The molecule has 0 saturated heterocycles. The minimum atomic E-state index is -4.39. The first-order valence-electron chi connectivity index (χ1n) is 6.49. The largest absolute Gasteiger partial charge is 0.416 e. The van der Waals surface area contributed by atoms with Crippen LogP contribution >= 0.6 is 0 Å². The Morgan fingerprint density at radius 1 is 1.19 bits per heavy atom. The molecule has 0 saturated carbocycles. The number of nitrogens with one attached hydrogen (secondary N) is 2. The standard InChI is InChI=1S/C14H20F3N3O/c1-13(2,3)11(8-18)20-12(21)19-10-6-4-9(5-7-10)14(15,16)17/h4-7,11H,8,18H2,1-3H3,(H2,19,20,21). The van der Waals surface area contributed by atoms with Gasteiger partial charge in [-0.15, -0.1) is 0 Å². The van der Waals surface area contributed by atoms with Crippen LogP contribution in [-0.4, -0.2) is 18.6 Å². The molecule has 0 aliphatic heterocycles. The predicted octanol–water partition coefficient (Wildman–Crippen LogP) is 3.20. The number of hydrogen-bond donors (Lipinski definition) is 3. The number of amides is 2. The maximum Gasteiger partial charge on any atom is 0.416 e. The van der Waals surface area contributed by atoms with Gasteiger partial charge in [-0.25, -0.2) is 4.79 Å². The fourth-order valence-corrected chi connectivity index (χ4v) is 1.70. The number of carbonyl (C=O) groups is 1. The number of hydrogen-bond acceptors (Lipinski definition) is 2. The van der Waals surface area contributed by atoms with Gasteiger partial charge in [0.1, 0.15) is 0 Å². The topological polar surface area (TPSA) is 67.1 Å². The molecule has 0 aromatic heterocycles. The van der Waals surface area contributed by atoms with Crippen molar-refractivity contribution in [1.82, 2.24) is 5.32 Å². The summed E-state index contributed by atoms with van der Waals surface area (Å²) in [6, 6.07) is 3.50. The number of nitrogens with two attached hydrogens (primary N) is 1. The van der Waals surface area contributed by atoms with Crippen LogP contribution in [0.2, 0.25) is 0 Å². The summed E-state index contributed by atoms with van der Waals surface area (Å²) >= 11 is 0. The van der Waals surface area contributed by atoms with E-state index in [4.69, 9.17) is 5.73 Å². The van der Waals surface area contributed by atoms with Gasteiger partial charge in [0.25, 0.3) is 0 Å². The molecule has 7 heteroatoms. The van der Waals surface area contributed by atoms with E-state index < -0.39 is 17.8 Å². The van der Waals surface area contributed by atoms with Crippen molar-refractivity contribution in [3.8, 4) is 0 Å². The fraction of sp³-hybridized carbons (Fsp3) is 0.500. The number of anilines is 1. The predicted molar refractivity (Wildman–Crippen MR) is 75.9 cm³/mol. The Kier molecular flexibility index (Phi) is 5.22. The lowest BCUT2D eigenvalue weighted by Crippen LogP contribution is -2.49. The third-order valence-electron chi connectivity index (χ3n) is 3.06. The van der Waals surface area contributed by atoms with Crippen molar-refractivity contribution < 1.29 is 18.0 Å². The highest BCUT2D eigenvalue weighted by Crippen LogP contribution is 2.29. The summed E-state index contributed by atoms with van der Waals surface area (Å²) < 4.78 is 37.3. The van der Waals surface area contributed by atoms with Gasteiger partial charge >= 0.3 is 12.2 Å². The van der Waals surface area contributed by atoms with Crippen molar-refractivity contribution in [2.75, 3.05) is 11.9 Å². The van der Waals surface area contributed by atoms with Crippen molar-refractivity contribution in [3.63, 3.8) is 0 Å².